The Kier molecular flexibility index (Phi) is 6.14. The average Bonchev–Trinajstić information content (AvgIpc) is 3.05. The molecule has 29 heavy (non-hydrogen) atoms. The molecule has 0 fully saturated rings. The van der Waals surface area contributed by atoms with Gasteiger partial charge in [0.2, 0.25) is 10.0 Å². The number of nitriles is 1. The van der Waals surface area contributed by atoms with Crippen molar-refractivity contribution in [3.05, 3.63) is 48.0 Å². The van der Waals surface area contributed by atoms with Crippen LogP contribution < -0.4 is 9.46 Å². The smallest absolute Gasteiger partial charge is 0.232 e. The molecule has 152 valence electrons. The number of ether oxygens (including phenoxy) is 1. The highest BCUT2D eigenvalue weighted by molar-refractivity contribution is 7.92. The predicted molar refractivity (Wildman–Crippen MR) is 117 cm³/mol. The summed E-state index contributed by atoms with van der Waals surface area (Å²) >= 11 is 0. The normalized spacial score (nSPS) is 11.4. The standard InChI is InChI=1S/C22H25N3O3S/c1-4-6-13-29(26,27)24-17-9-7-16(8-10-17)22-20(15-23)19-12-11-18(28-3)14-21(19)25(22)5-2/h7-12,14,24H,4-6,13H2,1-3H3. The molecule has 0 saturated heterocycles. The maximum Gasteiger partial charge on any atom is 0.232 e. The number of hydrogen-bond acceptors (Lipinski definition) is 4. The minimum Gasteiger partial charge on any atom is -0.497 e. The van der Waals surface area contributed by atoms with Crippen molar-refractivity contribution in [2.24, 2.45) is 0 Å². The van der Waals surface area contributed by atoms with Crippen molar-refractivity contribution >= 4 is 26.6 Å². The van der Waals surface area contributed by atoms with Gasteiger partial charge < -0.3 is 9.30 Å². The average molecular weight is 412 g/mol. The van der Waals surface area contributed by atoms with E-state index in [2.05, 4.69) is 15.4 Å². The van der Waals surface area contributed by atoms with Crippen LogP contribution in [-0.2, 0) is 16.6 Å². The molecule has 0 unspecified atom stereocenters. The molecule has 0 spiro atoms. The molecule has 0 aliphatic heterocycles. The molecule has 0 amide bonds. The van der Waals surface area contributed by atoms with Gasteiger partial charge in [-0.2, -0.15) is 5.26 Å². The summed E-state index contributed by atoms with van der Waals surface area (Å²) in [6.07, 6.45) is 1.45. The first kappa shape index (κ1) is 20.7. The van der Waals surface area contributed by atoms with Gasteiger partial charge in [-0.15, -0.1) is 0 Å². The molecule has 0 aliphatic rings. The van der Waals surface area contributed by atoms with Crippen molar-refractivity contribution in [2.75, 3.05) is 17.6 Å². The van der Waals surface area contributed by atoms with E-state index in [9.17, 15) is 13.7 Å². The third-order valence-corrected chi connectivity index (χ3v) is 6.27. The molecule has 6 nitrogen and oxygen atoms in total. The molecule has 2 aromatic carbocycles. The Morgan fingerprint density at radius 2 is 1.86 bits per heavy atom. The van der Waals surface area contributed by atoms with E-state index in [4.69, 9.17) is 4.74 Å². The fourth-order valence-electron chi connectivity index (χ4n) is 3.46. The molecule has 0 saturated carbocycles. The SMILES string of the molecule is CCCCS(=O)(=O)Nc1ccc(-c2c(C#N)c3ccc(OC)cc3n2CC)cc1. The van der Waals surface area contributed by atoms with Crippen LogP contribution in [0.2, 0.25) is 0 Å². The Hall–Kier alpha value is -2.98. The molecule has 3 aromatic rings. The zero-order valence-corrected chi connectivity index (χ0v) is 17.7. The lowest BCUT2D eigenvalue weighted by molar-refractivity contribution is 0.415. The number of anilines is 1. The van der Waals surface area contributed by atoms with Crippen LogP contribution in [0.4, 0.5) is 5.69 Å². The maximum absolute atomic E-state index is 12.1. The first-order valence-corrected chi connectivity index (χ1v) is 11.3. The lowest BCUT2D eigenvalue weighted by atomic mass is 10.1. The Labute approximate surface area is 171 Å². The molecule has 0 atom stereocenters. The molecule has 1 heterocycles. The lowest BCUT2D eigenvalue weighted by Gasteiger charge is -2.11. The number of nitrogens with one attached hydrogen (secondary N) is 1. The van der Waals surface area contributed by atoms with E-state index in [1.165, 1.54) is 0 Å². The highest BCUT2D eigenvalue weighted by Crippen LogP contribution is 2.35. The highest BCUT2D eigenvalue weighted by Gasteiger charge is 2.19. The van der Waals surface area contributed by atoms with E-state index < -0.39 is 10.0 Å². The summed E-state index contributed by atoms with van der Waals surface area (Å²) in [5, 5.41) is 10.7. The summed E-state index contributed by atoms with van der Waals surface area (Å²) in [7, 11) is -1.73. The van der Waals surface area contributed by atoms with E-state index in [0.717, 1.165) is 34.3 Å². The van der Waals surface area contributed by atoms with Crippen molar-refractivity contribution in [2.45, 2.75) is 33.2 Å². The second kappa shape index (κ2) is 8.58. The zero-order valence-electron chi connectivity index (χ0n) is 16.9. The van der Waals surface area contributed by atoms with E-state index in [1.54, 1.807) is 19.2 Å². The van der Waals surface area contributed by atoms with Gasteiger partial charge in [0.1, 0.15) is 11.8 Å². The molecule has 0 bridgehead atoms. The summed E-state index contributed by atoms with van der Waals surface area (Å²) in [6, 6.07) is 15.2. The number of nitrogens with zero attached hydrogens (tertiary/aromatic N) is 2. The van der Waals surface area contributed by atoms with Crippen LogP contribution in [0.25, 0.3) is 22.2 Å². The van der Waals surface area contributed by atoms with Gasteiger partial charge in [0, 0.05) is 23.7 Å². The van der Waals surface area contributed by atoms with Crippen LogP contribution in [0.1, 0.15) is 32.3 Å². The minimum absolute atomic E-state index is 0.107. The van der Waals surface area contributed by atoms with E-state index in [0.29, 0.717) is 24.2 Å². The second-order valence-electron chi connectivity index (χ2n) is 6.81. The molecular weight excluding hydrogens is 386 g/mol. The van der Waals surface area contributed by atoms with Gasteiger partial charge in [0.25, 0.3) is 0 Å². The fraction of sp³-hybridized carbons (Fsp3) is 0.318. The van der Waals surface area contributed by atoms with Crippen molar-refractivity contribution in [3.8, 4) is 23.1 Å². The molecule has 1 N–H and O–H groups in total. The van der Waals surface area contributed by atoms with Crippen LogP contribution in [-0.4, -0.2) is 25.8 Å². The Bertz CT molecular complexity index is 1160. The third-order valence-electron chi connectivity index (χ3n) is 4.90. The number of benzene rings is 2. The summed E-state index contributed by atoms with van der Waals surface area (Å²) < 4.78 is 34.3. The van der Waals surface area contributed by atoms with Crippen LogP contribution in [0.3, 0.4) is 0 Å². The van der Waals surface area contributed by atoms with Crippen LogP contribution in [0.15, 0.2) is 42.5 Å². The van der Waals surface area contributed by atoms with Gasteiger partial charge in [0.05, 0.1) is 29.6 Å². The molecular formula is C22H25N3O3S. The van der Waals surface area contributed by atoms with Gasteiger partial charge in [-0.3, -0.25) is 4.72 Å². The quantitative estimate of drug-likeness (QED) is 0.580. The number of aromatic nitrogens is 1. The minimum atomic E-state index is -3.35. The van der Waals surface area contributed by atoms with Crippen LogP contribution >= 0.6 is 0 Å². The Morgan fingerprint density at radius 1 is 1.14 bits per heavy atom. The molecule has 1 aromatic heterocycles. The first-order valence-electron chi connectivity index (χ1n) is 9.65. The number of unbranched alkanes of at least 4 members (excludes halogenated alkanes) is 1. The number of sulfonamides is 1. The number of aryl methyl sites for hydroxylation is 1. The zero-order chi connectivity index (χ0) is 21.0. The van der Waals surface area contributed by atoms with E-state index >= 15 is 0 Å². The monoisotopic (exact) mass is 411 g/mol. The van der Waals surface area contributed by atoms with Gasteiger partial charge in [-0.1, -0.05) is 25.5 Å². The molecule has 0 aliphatic carbocycles. The summed E-state index contributed by atoms with van der Waals surface area (Å²) in [5.41, 5.74) is 3.72. The summed E-state index contributed by atoms with van der Waals surface area (Å²) in [4.78, 5) is 0. The van der Waals surface area contributed by atoms with Crippen molar-refractivity contribution in [1.29, 1.82) is 5.26 Å². The van der Waals surface area contributed by atoms with Crippen molar-refractivity contribution < 1.29 is 13.2 Å². The third kappa shape index (κ3) is 4.22. The summed E-state index contributed by atoms with van der Waals surface area (Å²) in [5.74, 6) is 0.841. The van der Waals surface area contributed by atoms with Gasteiger partial charge in [-0.25, -0.2) is 8.42 Å². The predicted octanol–water partition coefficient (Wildman–Crippen LogP) is 4.75. The van der Waals surface area contributed by atoms with Gasteiger partial charge >= 0.3 is 0 Å². The van der Waals surface area contributed by atoms with E-state index in [-0.39, 0.29) is 5.75 Å². The molecule has 0 radical (unpaired) electrons. The first-order chi connectivity index (χ1) is 13.9. The number of fused-ring (bicyclic) bond motifs is 1. The van der Waals surface area contributed by atoms with E-state index in [1.807, 2.05) is 44.2 Å². The summed E-state index contributed by atoms with van der Waals surface area (Å²) in [6.45, 7) is 4.67. The topological polar surface area (TPSA) is 84.1 Å². The fourth-order valence-corrected chi connectivity index (χ4v) is 4.72. The second-order valence-corrected chi connectivity index (χ2v) is 8.66. The largest absolute Gasteiger partial charge is 0.497 e. The van der Waals surface area contributed by atoms with Crippen LogP contribution in [0.5, 0.6) is 5.75 Å². The maximum atomic E-state index is 12.1. The number of methoxy groups -OCH3 is 1. The Morgan fingerprint density at radius 3 is 2.45 bits per heavy atom. The Balaban J connectivity index is 2.03. The van der Waals surface area contributed by atoms with Crippen molar-refractivity contribution in [1.82, 2.24) is 4.57 Å². The van der Waals surface area contributed by atoms with Gasteiger partial charge in [-0.05, 0) is 43.2 Å². The van der Waals surface area contributed by atoms with Crippen LogP contribution in [0, 0.1) is 11.3 Å². The highest BCUT2D eigenvalue weighted by atomic mass is 32.2. The number of hydrogen-bond donors (Lipinski definition) is 1. The van der Waals surface area contributed by atoms with Gasteiger partial charge in [0.15, 0.2) is 0 Å². The molecule has 7 heteroatoms. The number of rotatable bonds is 8. The van der Waals surface area contributed by atoms with Crippen molar-refractivity contribution in [3.63, 3.8) is 0 Å². The molecule has 3 rings (SSSR count). The lowest BCUT2D eigenvalue weighted by Crippen LogP contribution is -2.16.